The largest absolute Gasteiger partial charge is 0.466 e. The van der Waals surface area contributed by atoms with Crippen molar-refractivity contribution in [3.63, 3.8) is 0 Å². The number of carbonyl (C=O) groups is 1. The van der Waals surface area contributed by atoms with Gasteiger partial charge < -0.3 is 9.84 Å². The molecule has 1 fully saturated rings. The summed E-state index contributed by atoms with van der Waals surface area (Å²) in [4.78, 5) is 13.3. The lowest BCUT2D eigenvalue weighted by atomic mass is 10.1. The number of likely N-dealkylation sites (tertiary alicyclic amines) is 1. The molecule has 1 N–H and O–H groups in total. The molecular formula is C10H19NO3. The van der Waals surface area contributed by atoms with Gasteiger partial charge in [-0.1, -0.05) is 0 Å². The lowest BCUT2D eigenvalue weighted by Gasteiger charge is -2.23. The van der Waals surface area contributed by atoms with E-state index in [1.807, 2.05) is 18.7 Å². The molecule has 1 aliphatic heterocycles. The van der Waals surface area contributed by atoms with Gasteiger partial charge in [0.1, 0.15) is 6.23 Å². The molecule has 82 valence electrons. The lowest BCUT2D eigenvalue weighted by molar-refractivity contribution is -0.147. The molecule has 14 heavy (non-hydrogen) atoms. The van der Waals surface area contributed by atoms with E-state index in [2.05, 4.69) is 0 Å². The topological polar surface area (TPSA) is 49.8 Å². The Bertz CT molecular complexity index is 206. The predicted octanol–water partition coefficient (Wildman–Crippen LogP) is 0.598. The number of hydrogen-bond donors (Lipinski definition) is 1. The van der Waals surface area contributed by atoms with Crippen molar-refractivity contribution >= 4 is 5.97 Å². The number of hydrogen-bond acceptors (Lipinski definition) is 4. The summed E-state index contributed by atoms with van der Waals surface area (Å²) < 4.78 is 4.93. The van der Waals surface area contributed by atoms with Crippen LogP contribution >= 0.6 is 0 Å². The SMILES string of the molecule is CCOC(=O)C1CC(O)N(C(C)C)C1. The van der Waals surface area contributed by atoms with Crippen LogP contribution in [0.15, 0.2) is 0 Å². The maximum atomic E-state index is 11.4. The fraction of sp³-hybridized carbons (Fsp3) is 0.900. The number of rotatable bonds is 3. The first-order valence-corrected chi connectivity index (χ1v) is 5.16. The molecule has 0 saturated carbocycles. The summed E-state index contributed by atoms with van der Waals surface area (Å²) in [6, 6.07) is 0.268. The first-order chi connectivity index (χ1) is 6.56. The molecule has 0 aromatic carbocycles. The average molecular weight is 201 g/mol. The average Bonchev–Trinajstić information content (AvgIpc) is 2.48. The number of aliphatic hydroxyl groups excluding tert-OH is 1. The molecule has 0 aromatic rings. The van der Waals surface area contributed by atoms with Crippen LogP contribution in [0.5, 0.6) is 0 Å². The zero-order valence-corrected chi connectivity index (χ0v) is 9.06. The summed E-state index contributed by atoms with van der Waals surface area (Å²) in [5.41, 5.74) is 0. The highest BCUT2D eigenvalue weighted by Crippen LogP contribution is 2.24. The van der Waals surface area contributed by atoms with Crippen molar-refractivity contribution in [2.24, 2.45) is 5.92 Å². The van der Waals surface area contributed by atoms with Crippen molar-refractivity contribution in [3.8, 4) is 0 Å². The highest BCUT2D eigenvalue weighted by molar-refractivity contribution is 5.73. The van der Waals surface area contributed by atoms with Crippen LogP contribution in [0.4, 0.5) is 0 Å². The first-order valence-electron chi connectivity index (χ1n) is 5.16. The molecular weight excluding hydrogens is 182 g/mol. The molecule has 1 heterocycles. The Labute approximate surface area is 84.8 Å². The summed E-state index contributed by atoms with van der Waals surface area (Å²) in [5, 5.41) is 9.67. The molecule has 0 aliphatic carbocycles. The van der Waals surface area contributed by atoms with Gasteiger partial charge in [-0.2, -0.15) is 0 Å². The number of esters is 1. The van der Waals surface area contributed by atoms with E-state index in [0.29, 0.717) is 19.6 Å². The fourth-order valence-corrected chi connectivity index (χ4v) is 1.83. The van der Waals surface area contributed by atoms with Gasteiger partial charge in [-0.25, -0.2) is 0 Å². The van der Waals surface area contributed by atoms with E-state index in [9.17, 15) is 9.90 Å². The number of nitrogens with zero attached hydrogens (tertiary/aromatic N) is 1. The Morgan fingerprint density at radius 3 is 2.71 bits per heavy atom. The van der Waals surface area contributed by atoms with Crippen LogP contribution in [-0.4, -0.2) is 41.4 Å². The minimum atomic E-state index is -0.496. The van der Waals surface area contributed by atoms with E-state index in [4.69, 9.17) is 4.74 Å². The molecule has 2 unspecified atom stereocenters. The van der Waals surface area contributed by atoms with E-state index in [0.717, 1.165) is 0 Å². The fourth-order valence-electron chi connectivity index (χ4n) is 1.83. The Morgan fingerprint density at radius 1 is 1.64 bits per heavy atom. The summed E-state index contributed by atoms with van der Waals surface area (Å²) in [7, 11) is 0. The van der Waals surface area contributed by atoms with Gasteiger partial charge in [0.2, 0.25) is 0 Å². The van der Waals surface area contributed by atoms with E-state index in [-0.39, 0.29) is 17.9 Å². The number of ether oxygens (including phenoxy) is 1. The van der Waals surface area contributed by atoms with Crippen molar-refractivity contribution < 1.29 is 14.6 Å². The van der Waals surface area contributed by atoms with E-state index >= 15 is 0 Å². The molecule has 0 bridgehead atoms. The maximum absolute atomic E-state index is 11.4. The molecule has 4 heteroatoms. The molecule has 0 aromatic heterocycles. The van der Waals surface area contributed by atoms with Crippen LogP contribution in [0, 0.1) is 5.92 Å². The van der Waals surface area contributed by atoms with Gasteiger partial charge in [0.05, 0.1) is 12.5 Å². The molecule has 1 rings (SSSR count). The summed E-state index contributed by atoms with van der Waals surface area (Å²) >= 11 is 0. The molecule has 1 saturated heterocycles. The monoisotopic (exact) mass is 201 g/mol. The standard InChI is InChI=1S/C10H19NO3/c1-4-14-10(13)8-5-9(12)11(6-8)7(2)3/h7-9,12H,4-6H2,1-3H3. The molecule has 0 amide bonds. The van der Waals surface area contributed by atoms with Crippen LogP contribution in [0.2, 0.25) is 0 Å². The van der Waals surface area contributed by atoms with Crippen LogP contribution in [0.1, 0.15) is 27.2 Å². The smallest absolute Gasteiger partial charge is 0.310 e. The van der Waals surface area contributed by atoms with Crippen LogP contribution in [-0.2, 0) is 9.53 Å². The van der Waals surface area contributed by atoms with Crippen molar-refractivity contribution in [2.75, 3.05) is 13.2 Å². The second kappa shape index (κ2) is 4.75. The first kappa shape index (κ1) is 11.5. The molecule has 2 atom stereocenters. The lowest BCUT2D eigenvalue weighted by Crippen LogP contribution is -2.35. The number of carbonyl (C=O) groups excluding carboxylic acids is 1. The van der Waals surface area contributed by atoms with Gasteiger partial charge in [0.15, 0.2) is 0 Å². The number of aliphatic hydroxyl groups is 1. The Kier molecular flexibility index (Phi) is 3.89. The van der Waals surface area contributed by atoms with Gasteiger partial charge in [0.25, 0.3) is 0 Å². The van der Waals surface area contributed by atoms with Gasteiger partial charge in [0, 0.05) is 19.0 Å². The van der Waals surface area contributed by atoms with Crippen LogP contribution in [0.3, 0.4) is 0 Å². The van der Waals surface area contributed by atoms with Gasteiger partial charge in [-0.3, -0.25) is 9.69 Å². The maximum Gasteiger partial charge on any atom is 0.310 e. The summed E-state index contributed by atoms with van der Waals surface area (Å²) in [6.45, 7) is 6.84. The molecule has 4 nitrogen and oxygen atoms in total. The summed E-state index contributed by atoms with van der Waals surface area (Å²) in [6.07, 6.45) is 0.00112. The van der Waals surface area contributed by atoms with Gasteiger partial charge in [-0.15, -0.1) is 0 Å². The highest BCUT2D eigenvalue weighted by atomic mass is 16.5. The van der Waals surface area contributed by atoms with Crippen molar-refractivity contribution in [1.82, 2.24) is 4.90 Å². The third-order valence-corrected chi connectivity index (χ3v) is 2.59. The Hall–Kier alpha value is -0.610. The van der Waals surface area contributed by atoms with Gasteiger partial charge >= 0.3 is 5.97 Å². The zero-order valence-electron chi connectivity index (χ0n) is 9.06. The minimum absolute atomic E-state index is 0.160. The molecule has 1 aliphatic rings. The second-order valence-corrected chi connectivity index (χ2v) is 3.96. The minimum Gasteiger partial charge on any atom is -0.466 e. The van der Waals surface area contributed by atoms with Crippen LogP contribution < -0.4 is 0 Å². The predicted molar refractivity (Wildman–Crippen MR) is 52.6 cm³/mol. The van der Waals surface area contributed by atoms with Crippen molar-refractivity contribution in [1.29, 1.82) is 0 Å². The normalized spacial score (nSPS) is 28.4. The quantitative estimate of drug-likeness (QED) is 0.679. The Balaban J connectivity index is 2.50. The van der Waals surface area contributed by atoms with E-state index < -0.39 is 6.23 Å². The zero-order chi connectivity index (χ0) is 10.7. The van der Waals surface area contributed by atoms with Gasteiger partial charge in [-0.05, 0) is 20.8 Å². The van der Waals surface area contributed by atoms with E-state index in [1.54, 1.807) is 6.92 Å². The molecule has 0 spiro atoms. The third kappa shape index (κ3) is 2.45. The van der Waals surface area contributed by atoms with Crippen LogP contribution in [0.25, 0.3) is 0 Å². The third-order valence-electron chi connectivity index (χ3n) is 2.59. The summed E-state index contributed by atoms with van der Waals surface area (Å²) in [5.74, 6) is -0.345. The Morgan fingerprint density at radius 2 is 2.29 bits per heavy atom. The second-order valence-electron chi connectivity index (χ2n) is 3.96. The van der Waals surface area contributed by atoms with Crippen molar-refractivity contribution in [3.05, 3.63) is 0 Å². The van der Waals surface area contributed by atoms with Crippen molar-refractivity contribution in [2.45, 2.75) is 39.5 Å². The molecule has 0 radical (unpaired) electrons. The van der Waals surface area contributed by atoms with E-state index in [1.165, 1.54) is 0 Å². The highest BCUT2D eigenvalue weighted by Gasteiger charge is 2.36.